The van der Waals surface area contributed by atoms with Crippen LogP contribution < -0.4 is 0 Å². The molecule has 7 heteroatoms. The molecule has 1 aliphatic rings. The highest BCUT2D eigenvalue weighted by Crippen LogP contribution is 2.25. The van der Waals surface area contributed by atoms with E-state index in [2.05, 4.69) is 0 Å². The summed E-state index contributed by atoms with van der Waals surface area (Å²) in [5.41, 5.74) is 0. The van der Waals surface area contributed by atoms with Crippen LogP contribution in [0.5, 0.6) is 0 Å². The molecule has 1 fully saturated rings. The maximum absolute atomic E-state index is 8.63. The summed E-state index contributed by atoms with van der Waals surface area (Å²) < 4.78 is 39.6. The van der Waals surface area contributed by atoms with Crippen molar-refractivity contribution in [2.24, 2.45) is 5.92 Å². The van der Waals surface area contributed by atoms with Crippen molar-refractivity contribution in [3.8, 4) is 0 Å². The Hall–Kier alpha value is -0.110. The lowest BCUT2D eigenvalue weighted by molar-refractivity contribution is 0.353. The molecule has 1 saturated carbocycles. The van der Waals surface area contributed by atoms with Gasteiger partial charge in [-0.05, 0) is 17.6 Å². The summed E-state index contributed by atoms with van der Waals surface area (Å²) in [7, 11) is -4.92. The van der Waals surface area contributed by atoms with E-state index in [1.165, 1.54) is 30.8 Å². The fourth-order valence-corrected chi connectivity index (χ4v) is 1.35. The van der Waals surface area contributed by atoms with E-state index >= 15 is 0 Å². The van der Waals surface area contributed by atoms with E-state index in [9.17, 15) is 0 Å². The minimum absolute atomic E-state index is 0.905. The van der Waals surface area contributed by atoms with Crippen LogP contribution in [-0.2, 0) is 22.0 Å². The number of nitrogens with one attached hydrogen (secondary N) is 1. The van der Waals surface area contributed by atoms with Crippen molar-refractivity contribution in [3.63, 3.8) is 0 Å². The highest BCUT2D eigenvalue weighted by molar-refractivity contribution is 7.79. The summed E-state index contributed by atoms with van der Waals surface area (Å²) in [5.74, 6) is 1.97. The lowest BCUT2D eigenvalue weighted by Crippen LogP contribution is -2.13. The van der Waals surface area contributed by atoms with Crippen LogP contribution in [0, 0.1) is 10.7 Å². The van der Waals surface area contributed by atoms with Crippen molar-refractivity contribution in [2.45, 2.75) is 19.3 Å². The molecule has 5 nitrogen and oxygen atoms in total. The average Bonchev–Trinajstić information content (AvgIpc) is 1.74. The van der Waals surface area contributed by atoms with Crippen molar-refractivity contribution in [3.05, 3.63) is 0 Å². The van der Waals surface area contributed by atoms with Gasteiger partial charge >= 0.3 is 11.6 Å². The Morgan fingerprint density at radius 2 is 2.00 bits per heavy atom. The first-order chi connectivity index (χ1) is 5.43. The van der Waals surface area contributed by atoms with Gasteiger partial charge in [-0.2, -0.15) is 0 Å². The zero-order valence-electron chi connectivity index (χ0n) is 6.39. The SMILES string of the molecule is N=[S+]CC1CCC1.O=S(=O)([O-])O. The Kier molecular flexibility index (Phi) is 5.47. The normalized spacial score (nSPS) is 17.2. The van der Waals surface area contributed by atoms with Crippen molar-refractivity contribution in [2.75, 3.05) is 5.75 Å². The standard InChI is InChI=1S/C5H10NS.H2O4S/c6-7-4-5-2-1-3-5;1-5(2,3)4/h5-6H,1-4H2;(H2,1,2,3,4)/q+1;/p-1. The third-order valence-corrected chi connectivity index (χ3v) is 2.18. The largest absolute Gasteiger partial charge is 0.726 e. The summed E-state index contributed by atoms with van der Waals surface area (Å²) in [5, 5.41) is 0. The molecule has 2 N–H and O–H groups in total. The van der Waals surface area contributed by atoms with E-state index in [-0.39, 0.29) is 0 Å². The van der Waals surface area contributed by atoms with Gasteiger partial charge in [0.05, 0.1) is 0 Å². The molecule has 0 amide bonds. The molecule has 12 heavy (non-hydrogen) atoms. The average molecular weight is 213 g/mol. The maximum Gasteiger partial charge on any atom is 0.307 e. The molecule has 0 aromatic rings. The van der Waals surface area contributed by atoms with Gasteiger partial charge in [-0.15, -0.1) is 0 Å². The fourth-order valence-electron chi connectivity index (χ4n) is 0.777. The minimum atomic E-state index is -4.92. The molecule has 0 unspecified atom stereocenters. The van der Waals surface area contributed by atoms with Crippen molar-refractivity contribution >= 4 is 22.0 Å². The summed E-state index contributed by atoms with van der Waals surface area (Å²) in [4.78, 5) is 0. The van der Waals surface area contributed by atoms with E-state index in [4.69, 9.17) is 22.3 Å². The van der Waals surface area contributed by atoms with Crippen LogP contribution in [-0.4, -0.2) is 23.3 Å². The van der Waals surface area contributed by atoms with Crippen LogP contribution in [0.2, 0.25) is 0 Å². The van der Waals surface area contributed by atoms with Crippen LogP contribution in [0.25, 0.3) is 0 Å². The van der Waals surface area contributed by atoms with Gasteiger partial charge in [0.15, 0.2) is 0 Å². The van der Waals surface area contributed by atoms with Gasteiger partial charge in [-0.25, -0.2) is 8.42 Å². The third kappa shape index (κ3) is 9.89. The van der Waals surface area contributed by atoms with E-state index in [0.717, 1.165) is 11.7 Å². The summed E-state index contributed by atoms with van der Waals surface area (Å²) in [6.07, 6.45) is 4.17. The molecule has 1 rings (SSSR count). The molecule has 0 bridgehead atoms. The quantitative estimate of drug-likeness (QED) is 0.399. The number of rotatable bonds is 2. The van der Waals surface area contributed by atoms with E-state index < -0.39 is 10.4 Å². The van der Waals surface area contributed by atoms with Crippen LogP contribution in [0.3, 0.4) is 0 Å². The second-order valence-corrected chi connectivity index (χ2v) is 4.01. The van der Waals surface area contributed by atoms with Crippen molar-refractivity contribution < 1.29 is 17.5 Å². The first-order valence-electron chi connectivity index (χ1n) is 3.40. The first kappa shape index (κ1) is 11.9. The zero-order valence-corrected chi connectivity index (χ0v) is 8.03. The second kappa shape index (κ2) is 5.52. The van der Waals surface area contributed by atoms with Crippen LogP contribution in [0.4, 0.5) is 0 Å². The minimum Gasteiger partial charge on any atom is -0.726 e. The molecular formula is C5H11NO4S2. The molecule has 0 aromatic heterocycles. The summed E-state index contributed by atoms with van der Waals surface area (Å²) >= 11 is 1.24. The lowest BCUT2D eigenvalue weighted by atomic mass is 9.87. The molecule has 0 spiro atoms. The molecule has 0 aromatic carbocycles. The van der Waals surface area contributed by atoms with Crippen LogP contribution >= 0.6 is 0 Å². The van der Waals surface area contributed by atoms with E-state index in [1.807, 2.05) is 0 Å². The third-order valence-electron chi connectivity index (χ3n) is 1.54. The van der Waals surface area contributed by atoms with Gasteiger partial charge in [-0.3, -0.25) is 4.55 Å². The van der Waals surface area contributed by atoms with Gasteiger partial charge in [0.1, 0.15) is 0 Å². The van der Waals surface area contributed by atoms with Crippen LogP contribution in [0.15, 0.2) is 0 Å². The molecule has 72 valence electrons. The fraction of sp³-hybridized carbons (Fsp3) is 1.00. The lowest BCUT2D eigenvalue weighted by Gasteiger charge is -2.18. The molecule has 0 aliphatic heterocycles. The van der Waals surface area contributed by atoms with Crippen molar-refractivity contribution in [1.82, 2.24) is 0 Å². The molecule has 0 radical (unpaired) electrons. The first-order valence-corrected chi connectivity index (χ1v) is 5.75. The maximum atomic E-state index is 8.63. The predicted octanol–water partition coefficient (Wildman–Crippen LogP) is 0.636. The number of hydrogen-bond acceptors (Lipinski definition) is 4. The van der Waals surface area contributed by atoms with Gasteiger partial charge in [0, 0.05) is 5.92 Å². The number of hydrogen-bond donors (Lipinski definition) is 2. The zero-order chi connectivity index (χ0) is 9.61. The van der Waals surface area contributed by atoms with Gasteiger partial charge < -0.3 is 4.55 Å². The Morgan fingerprint density at radius 1 is 1.58 bits per heavy atom. The van der Waals surface area contributed by atoms with Crippen LogP contribution in [0.1, 0.15) is 19.3 Å². The van der Waals surface area contributed by atoms with E-state index in [0.29, 0.717) is 0 Å². The summed E-state index contributed by atoms with van der Waals surface area (Å²) in [6.45, 7) is 0. The van der Waals surface area contributed by atoms with E-state index in [1.54, 1.807) is 0 Å². The second-order valence-electron chi connectivity index (χ2n) is 2.54. The smallest absolute Gasteiger partial charge is 0.307 e. The molecular weight excluding hydrogens is 202 g/mol. The Bertz CT molecular complexity index is 214. The molecule has 0 heterocycles. The van der Waals surface area contributed by atoms with Gasteiger partial charge in [0.25, 0.3) is 0 Å². The van der Waals surface area contributed by atoms with Gasteiger partial charge in [0.2, 0.25) is 16.2 Å². The van der Waals surface area contributed by atoms with Gasteiger partial charge in [-0.1, -0.05) is 6.42 Å². The monoisotopic (exact) mass is 213 g/mol. The highest BCUT2D eigenvalue weighted by Gasteiger charge is 2.20. The topological polar surface area (TPSA) is 101 Å². The molecule has 0 saturated heterocycles. The Balaban J connectivity index is 0.000000217. The molecule has 0 atom stereocenters. The Labute approximate surface area is 75.7 Å². The highest BCUT2D eigenvalue weighted by atomic mass is 32.3. The van der Waals surface area contributed by atoms with Crippen molar-refractivity contribution in [1.29, 1.82) is 4.78 Å². The Morgan fingerprint density at radius 3 is 2.08 bits per heavy atom. The predicted molar refractivity (Wildman–Crippen MR) is 44.6 cm³/mol. The molecule has 1 aliphatic carbocycles. The summed E-state index contributed by atoms with van der Waals surface area (Å²) in [6, 6.07) is 0.